The van der Waals surface area contributed by atoms with E-state index in [4.69, 9.17) is 0 Å². The highest BCUT2D eigenvalue weighted by molar-refractivity contribution is 7.07. The van der Waals surface area contributed by atoms with Crippen molar-refractivity contribution in [2.45, 2.75) is 19.9 Å². The Morgan fingerprint density at radius 1 is 1.27 bits per heavy atom. The van der Waals surface area contributed by atoms with Crippen molar-refractivity contribution in [3.05, 3.63) is 46.0 Å². The van der Waals surface area contributed by atoms with E-state index in [9.17, 15) is 9.59 Å². The number of benzene rings is 1. The lowest BCUT2D eigenvalue weighted by Crippen LogP contribution is -2.26. The topological polar surface area (TPSA) is 72.4 Å². The van der Waals surface area contributed by atoms with E-state index in [1.807, 2.05) is 19.1 Å². The van der Waals surface area contributed by atoms with Crippen LogP contribution in [0.1, 0.15) is 38.2 Å². The Morgan fingerprint density at radius 2 is 1.95 bits per heavy atom. The lowest BCUT2D eigenvalue weighted by molar-refractivity contribution is 0.0600. The van der Waals surface area contributed by atoms with Gasteiger partial charge in [0.15, 0.2) is 0 Å². The largest absolute Gasteiger partial charge is 0.465 e. The summed E-state index contributed by atoms with van der Waals surface area (Å²) in [6.45, 7) is 2.39. The van der Waals surface area contributed by atoms with Gasteiger partial charge in [-0.15, -0.1) is 5.10 Å². The van der Waals surface area contributed by atoms with Crippen molar-refractivity contribution in [3.8, 4) is 0 Å². The van der Waals surface area contributed by atoms with Crippen LogP contribution in [0.3, 0.4) is 0 Å². The van der Waals surface area contributed by atoms with Crippen LogP contribution in [0.2, 0.25) is 0 Å². The van der Waals surface area contributed by atoms with E-state index >= 15 is 0 Å². The van der Waals surface area contributed by atoms with Gasteiger partial charge in [-0.3, -0.25) is 4.79 Å². The molecular formula is C15H17N3O3S. The minimum atomic E-state index is -0.376. The van der Waals surface area contributed by atoms with Crippen molar-refractivity contribution in [2.24, 2.45) is 0 Å². The van der Waals surface area contributed by atoms with Crippen molar-refractivity contribution in [2.75, 3.05) is 14.2 Å². The predicted molar refractivity (Wildman–Crippen MR) is 82.9 cm³/mol. The molecule has 0 atom stereocenters. The number of nitrogens with zero attached hydrogens (tertiary/aromatic N) is 3. The van der Waals surface area contributed by atoms with E-state index < -0.39 is 0 Å². The van der Waals surface area contributed by atoms with Crippen molar-refractivity contribution >= 4 is 23.4 Å². The van der Waals surface area contributed by atoms with Crippen LogP contribution in [0, 0.1) is 0 Å². The lowest BCUT2D eigenvalue weighted by Gasteiger charge is -2.16. The summed E-state index contributed by atoms with van der Waals surface area (Å²) in [5, 5.41) is 3.96. The molecule has 0 aliphatic carbocycles. The lowest BCUT2D eigenvalue weighted by atomic mass is 10.1. The molecule has 7 heteroatoms. The van der Waals surface area contributed by atoms with Crippen LogP contribution in [0.5, 0.6) is 0 Å². The maximum Gasteiger partial charge on any atom is 0.337 e. The SMILES string of the molecule is CCc1nnsc1C(=O)N(C)Cc1ccc(C(=O)OC)cc1. The summed E-state index contributed by atoms with van der Waals surface area (Å²) in [5.41, 5.74) is 2.14. The molecule has 0 spiro atoms. The third kappa shape index (κ3) is 3.48. The molecule has 22 heavy (non-hydrogen) atoms. The normalized spacial score (nSPS) is 10.3. The first-order valence-electron chi connectivity index (χ1n) is 6.80. The quantitative estimate of drug-likeness (QED) is 0.790. The first-order chi connectivity index (χ1) is 10.6. The molecule has 0 saturated carbocycles. The van der Waals surface area contributed by atoms with Gasteiger partial charge in [0.25, 0.3) is 5.91 Å². The standard InChI is InChI=1S/C15H17N3O3S/c1-4-12-13(22-17-16-12)14(19)18(2)9-10-5-7-11(8-6-10)15(20)21-3/h5-8H,4,9H2,1-3H3. The Bertz CT molecular complexity index is 667. The second-order valence-corrected chi connectivity index (χ2v) is 5.51. The molecule has 116 valence electrons. The van der Waals surface area contributed by atoms with E-state index in [1.54, 1.807) is 24.1 Å². The van der Waals surface area contributed by atoms with Gasteiger partial charge in [0.2, 0.25) is 0 Å². The molecule has 0 N–H and O–H groups in total. The van der Waals surface area contributed by atoms with E-state index in [0.29, 0.717) is 23.4 Å². The van der Waals surface area contributed by atoms with E-state index in [1.165, 1.54) is 7.11 Å². The second kappa shape index (κ2) is 7.13. The highest BCUT2D eigenvalue weighted by Gasteiger charge is 2.19. The molecule has 1 amide bonds. The molecular weight excluding hydrogens is 302 g/mol. The van der Waals surface area contributed by atoms with Gasteiger partial charge in [-0.2, -0.15) is 0 Å². The Hall–Kier alpha value is -2.28. The van der Waals surface area contributed by atoms with Crippen molar-refractivity contribution in [1.29, 1.82) is 0 Å². The number of aryl methyl sites for hydroxylation is 1. The first-order valence-corrected chi connectivity index (χ1v) is 7.58. The zero-order chi connectivity index (χ0) is 16.1. The molecule has 1 heterocycles. The highest BCUT2D eigenvalue weighted by atomic mass is 32.1. The number of carbonyl (C=O) groups excluding carboxylic acids is 2. The van der Waals surface area contributed by atoms with Crippen LogP contribution in [0.15, 0.2) is 24.3 Å². The average molecular weight is 319 g/mol. The third-order valence-electron chi connectivity index (χ3n) is 3.23. The van der Waals surface area contributed by atoms with Crippen LogP contribution >= 0.6 is 11.5 Å². The number of methoxy groups -OCH3 is 1. The molecule has 0 bridgehead atoms. The van der Waals surface area contributed by atoms with Crippen molar-refractivity contribution in [3.63, 3.8) is 0 Å². The van der Waals surface area contributed by atoms with Crippen LogP contribution < -0.4 is 0 Å². The summed E-state index contributed by atoms with van der Waals surface area (Å²) in [6, 6.07) is 6.99. The number of esters is 1. The summed E-state index contributed by atoms with van der Waals surface area (Å²) >= 11 is 1.12. The molecule has 1 aromatic heterocycles. The first kappa shape index (κ1) is 16.1. The molecule has 0 aliphatic rings. The summed E-state index contributed by atoms with van der Waals surface area (Å²) in [4.78, 5) is 26.0. The van der Waals surface area contributed by atoms with Gasteiger partial charge < -0.3 is 9.64 Å². The fraction of sp³-hybridized carbons (Fsp3) is 0.333. The number of hydrogen-bond donors (Lipinski definition) is 0. The molecule has 0 radical (unpaired) electrons. The smallest absolute Gasteiger partial charge is 0.337 e. The second-order valence-electron chi connectivity index (χ2n) is 4.75. The maximum absolute atomic E-state index is 12.4. The fourth-order valence-corrected chi connectivity index (χ4v) is 2.73. The maximum atomic E-state index is 12.4. The molecule has 2 rings (SSSR count). The number of carbonyl (C=O) groups is 2. The summed E-state index contributed by atoms with van der Waals surface area (Å²) in [5.74, 6) is -0.469. The summed E-state index contributed by atoms with van der Waals surface area (Å²) in [7, 11) is 3.08. The van der Waals surface area contributed by atoms with Crippen LogP contribution in [0.4, 0.5) is 0 Å². The van der Waals surface area contributed by atoms with Crippen LogP contribution in [-0.4, -0.2) is 40.5 Å². The number of amides is 1. The summed E-state index contributed by atoms with van der Waals surface area (Å²) in [6.07, 6.45) is 0.680. The molecule has 0 fully saturated rings. The van der Waals surface area contributed by atoms with E-state index in [-0.39, 0.29) is 11.9 Å². The zero-order valence-corrected chi connectivity index (χ0v) is 13.5. The van der Waals surface area contributed by atoms with Gasteiger partial charge >= 0.3 is 5.97 Å². The average Bonchev–Trinajstić information content (AvgIpc) is 3.02. The van der Waals surface area contributed by atoms with E-state index in [2.05, 4.69) is 14.3 Å². The van der Waals surface area contributed by atoms with Crippen LogP contribution in [0.25, 0.3) is 0 Å². The van der Waals surface area contributed by atoms with Gasteiger partial charge in [0, 0.05) is 13.6 Å². The molecule has 0 saturated heterocycles. The highest BCUT2D eigenvalue weighted by Crippen LogP contribution is 2.15. The number of hydrogen-bond acceptors (Lipinski definition) is 6. The third-order valence-corrected chi connectivity index (χ3v) is 3.98. The fourth-order valence-electron chi connectivity index (χ4n) is 1.99. The molecule has 0 unspecified atom stereocenters. The molecule has 2 aromatic rings. The molecule has 1 aromatic carbocycles. The Balaban J connectivity index is 2.07. The number of rotatable bonds is 5. The molecule has 0 aliphatic heterocycles. The Morgan fingerprint density at radius 3 is 2.55 bits per heavy atom. The summed E-state index contributed by atoms with van der Waals surface area (Å²) < 4.78 is 8.49. The monoisotopic (exact) mass is 319 g/mol. The van der Waals surface area contributed by atoms with Gasteiger partial charge in [0.05, 0.1) is 18.4 Å². The van der Waals surface area contributed by atoms with Crippen LogP contribution in [-0.2, 0) is 17.7 Å². The van der Waals surface area contributed by atoms with Crippen molar-refractivity contribution < 1.29 is 14.3 Å². The number of ether oxygens (including phenoxy) is 1. The predicted octanol–water partition coefficient (Wildman–Crippen LogP) is 2.16. The number of aromatic nitrogens is 2. The molecule has 6 nitrogen and oxygen atoms in total. The van der Waals surface area contributed by atoms with Crippen molar-refractivity contribution in [1.82, 2.24) is 14.5 Å². The minimum Gasteiger partial charge on any atom is -0.465 e. The zero-order valence-electron chi connectivity index (χ0n) is 12.7. The van der Waals surface area contributed by atoms with Gasteiger partial charge in [-0.05, 0) is 35.6 Å². The van der Waals surface area contributed by atoms with Gasteiger partial charge in [-0.1, -0.05) is 23.5 Å². The minimum absolute atomic E-state index is 0.0936. The van der Waals surface area contributed by atoms with E-state index in [0.717, 1.165) is 22.8 Å². The van der Waals surface area contributed by atoms with Gasteiger partial charge in [0.1, 0.15) is 4.88 Å². The Labute approximate surface area is 132 Å². The van der Waals surface area contributed by atoms with Gasteiger partial charge in [-0.25, -0.2) is 4.79 Å². The Kier molecular flexibility index (Phi) is 5.21.